The predicted octanol–water partition coefficient (Wildman–Crippen LogP) is 2.93. The van der Waals surface area contributed by atoms with Crippen molar-refractivity contribution >= 4 is 15.9 Å². The molecule has 0 bridgehead atoms. The van der Waals surface area contributed by atoms with Gasteiger partial charge in [-0.2, -0.15) is 0 Å². The summed E-state index contributed by atoms with van der Waals surface area (Å²) >= 11 is 3.74. The Bertz CT molecular complexity index is 383. The molecule has 0 aromatic heterocycles. The maximum absolute atomic E-state index is 5.30. The van der Waals surface area contributed by atoms with Gasteiger partial charge in [0.1, 0.15) is 5.75 Å². The lowest BCUT2D eigenvalue weighted by Gasteiger charge is -2.37. The van der Waals surface area contributed by atoms with E-state index < -0.39 is 0 Å². The van der Waals surface area contributed by atoms with Gasteiger partial charge in [-0.05, 0) is 36.6 Å². The molecule has 15 heavy (non-hydrogen) atoms. The highest BCUT2D eigenvalue weighted by Crippen LogP contribution is 2.41. The summed E-state index contributed by atoms with van der Waals surface area (Å²) in [6, 6.07) is 4.28. The summed E-state index contributed by atoms with van der Waals surface area (Å²) in [7, 11) is 1.71. The SMILES string of the molecule is COc1cc(C)c(C2(Br)COC2)cc1C. The van der Waals surface area contributed by atoms with Gasteiger partial charge in [0.2, 0.25) is 0 Å². The van der Waals surface area contributed by atoms with Gasteiger partial charge in [0.25, 0.3) is 0 Å². The lowest BCUT2D eigenvalue weighted by Crippen LogP contribution is -2.41. The van der Waals surface area contributed by atoms with Crippen molar-refractivity contribution in [2.45, 2.75) is 18.2 Å². The highest BCUT2D eigenvalue weighted by molar-refractivity contribution is 9.09. The van der Waals surface area contributed by atoms with Crippen LogP contribution in [0.15, 0.2) is 12.1 Å². The standard InChI is InChI=1S/C12H15BrO2/c1-8-5-11(14-3)9(2)4-10(8)12(13)6-15-7-12/h4-5H,6-7H2,1-3H3. The lowest BCUT2D eigenvalue weighted by atomic mass is 9.91. The monoisotopic (exact) mass is 270 g/mol. The minimum Gasteiger partial charge on any atom is -0.496 e. The van der Waals surface area contributed by atoms with E-state index in [0.717, 1.165) is 19.0 Å². The van der Waals surface area contributed by atoms with Crippen molar-refractivity contribution in [3.8, 4) is 5.75 Å². The molecule has 82 valence electrons. The summed E-state index contributed by atoms with van der Waals surface area (Å²) in [6.45, 7) is 5.68. The molecule has 0 amide bonds. The fraction of sp³-hybridized carbons (Fsp3) is 0.500. The van der Waals surface area contributed by atoms with Crippen LogP contribution in [0.2, 0.25) is 0 Å². The number of aryl methyl sites for hydroxylation is 2. The smallest absolute Gasteiger partial charge is 0.122 e. The van der Waals surface area contributed by atoms with E-state index in [9.17, 15) is 0 Å². The van der Waals surface area contributed by atoms with E-state index in [2.05, 4.69) is 41.9 Å². The van der Waals surface area contributed by atoms with Gasteiger partial charge in [0.15, 0.2) is 0 Å². The summed E-state index contributed by atoms with van der Waals surface area (Å²) in [6.07, 6.45) is 0. The molecule has 0 unspecified atom stereocenters. The molecule has 1 aliphatic rings. The normalized spacial score (nSPS) is 18.4. The van der Waals surface area contributed by atoms with Crippen molar-refractivity contribution in [1.29, 1.82) is 0 Å². The van der Waals surface area contributed by atoms with Crippen molar-refractivity contribution in [3.63, 3.8) is 0 Å². The Morgan fingerprint density at radius 3 is 2.40 bits per heavy atom. The molecule has 0 saturated carbocycles. The van der Waals surface area contributed by atoms with Crippen LogP contribution in [-0.2, 0) is 9.06 Å². The first-order valence-corrected chi connectivity index (χ1v) is 5.78. The number of alkyl halides is 1. The molecule has 0 atom stereocenters. The van der Waals surface area contributed by atoms with E-state index in [-0.39, 0.29) is 4.32 Å². The molecule has 1 aromatic rings. The third-order valence-electron chi connectivity index (χ3n) is 2.89. The number of benzene rings is 1. The zero-order valence-corrected chi connectivity index (χ0v) is 10.8. The molecule has 1 heterocycles. The topological polar surface area (TPSA) is 18.5 Å². The molecule has 1 aromatic carbocycles. The maximum atomic E-state index is 5.30. The first kappa shape index (κ1) is 11.0. The molecule has 3 heteroatoms. The quantitative estimate of drug-likeness (QED) is 0.770. The van der Waals surface area contributed by atoms with Gasteiger partial charge in [0, 0.05) is 0 Å². The van der Waals surface area contributed by atoms with Crippen molar-refractivity contribution in [1.82, 2.24) is 0 Å². The zero-order valence-electron chi connectivity index (χ0n) is 9.26. The second-order valence-electron chi connectivity index (χ2n) is 4.09. The van der Waals surface area contributed by atoms with Crippen molar-refractivity contribution < 1.29 is 9.47 Å². The van der Waals surface area contributed by atoms with E-state index in [4.69, 9.17) is 9.47 Å². The first-order chi connectivity index (χ1) is 7.07. The summed E-state index contributed by atoms with van der Waals surface area (Å²) in [5.74, 6) is 0.951. The van der Waals surface area contributed by atoms with Gasteiger partial charge in [-0.15, -0.1) is 0 Å². The zero-order chi connectivity index (χ0) is 11.1. The number of methoxy groups -OCH3 is 1. The maximum Gasteiger partial charge on any atom is 0.122 e. The Morgan fingerprint density at radius 2 is 1.93 bits per heavy atom. The van der Waals surface area contributed by atoms with Crippen molar-refractivity contribution in [2.24, 2.45) is 0 Å². The Kier molecular flexibility index (Phi) is 2.77. The van der Waals surface area contributed by atoms with Crippen LogP contribution in [0, 0.1) is 13.8 Å². The van der Waals surface area contributed by atoms with Gasteiger partial charge >= 0.3 is 0 Å². The van der Waals surface area contributed by atoms with Gasteiger partial charge in [-0.3, -0.25) is 0 Å². The highest BCUT2D eigenvalue weighted by atomic mass is 79.9. The number of hydrogen-bond acceptors (Lipinski definition) is 2. The molecule has 2 nitrogen and oxygen atoms in total. The molecule has 1 fully saturated rings. The average molecular weight is 271 g/mol. The first-order valence-electron chi connectivity index (χ1n) is 4.99. The largest absolute Gasteiger partial charge is 0.496 e. The summed E-state index contributed by atoms with van der Waals surface area (Å²) < 4.78 is 10.6. The molecule has 1 aliphatic heterocycles. The Morgan fingerprint density at radius 1 is 1.27 bits per heavy atom. The summed E-state index contributed by atoms with van der Waals surface area (Å²) in [4.78, 5) is 0. The number of ether oxygens (including phenoxy) is 2. The molecular weight excluding hydrogens is 256 g/mol. The Balaban J connectivity index is 2.45. The molecular formula is C12H15BrO2. The van der Waals surface area contributed by atoms with Crippen LogP contribution in [0.25, 0.3) is 0 Å². The third kappa shape index (κ3) is 1.79. The van der Waals surface area contributed by atoms with Gasteiger partial charge < -0.3 is 9.47 Å². The van der Waals surface area contributed by atoms with E-state index >= 15 is 0 Å². The molecule has 0 radical (unpaired) electrons. The lowest BCUT2D eigenvalue weighted by molar-refractivity contribution is -0.00728. The van der Waals surface area contributed by atoms with Crippen LogP contribution in [0.3, 0.4) is 0 Å². The summed E-state index contributed by atoms with van der Waals surface area (Å²) in [5.41, 5.74) is 3.73. The van der Waals surface area contributed by atoms with Crippen molar-refractivity contribution in [3.05, 3.63) is 28.8 Å². The predicted molar refractivity (Wildman–Crippen MR) is 63.9 cm³/mol. The minimum absolute atomic E-state index is 0.0219. The van der Waals surface area contributed by atoms with Gasteiger partial charge in [-0.1, -0.05) is 22.0 Å². The minimum atomic E-state index is 0.0219. The van der Waals surface area contributed by atoms with Gasteiger partial charge in [-0.25, -0.2) is 0 Å². The Hall–Kier alpha value is -0.540. The van der Waals surface area contributed by atoms with E-state index in [1.807, 2.05) is 0 Å². The fourth-order valence-electron chi connectivity index (χ4n) is 1.93. The fourth-order valence-corrected chi connectivity index (χ4v) is 2.68. The average Bonchev–Trinajstić information content (AvgIpc) is 2.17. The molecule has 2 rings (SSSR count). The molecule has 0 spiro atoms. The number of halogens is 1. The second-order valence-corrected chi connectivity index (χ2v) is 5.61. The third-order valence-corrected chi connectivity index (χ3v) is 3.77. The summed E-state index contributed by atoms with van der Waals surface area (Å²) in [5, 5.41) is 0. The number of rotatable bonds is 2. The molecule has 0 N–H and O–H groups in total. The van der Waals surface area contributed by atoms with Crippen LogP contribution < -0.4 is 4.74 Å². The van der Waals surface area contributed by atoms with E-state index in [0.29, 0.717) is 0 Å². The van der Waals surface area contributed by atoms with Crippen LogP contribution in [0.1, 0.15) is 16.7 Å². The van der Waals surface area contributed by atoms with Crippen molar-refractivity contribution in [2.75, 3.05) is 20.3 Å². The van der Waals surface area contributed by atoms with Crippen LogP contribution in [0.4, 0.5) is 0 Å². The van der Waals surface area contributed by atoms with Crippen LogP contribution in [-0.4, -0.2) is 20.3 Å². The van der Waals surface area contributed by atoms with Crippen LogP contribution in [0.5, 0.6) is 5.75 Å². The second kappa shape index (κ2) is 3.80. The van der Waals surface area contributed by atoms with Gasteiger partial charge in [0.05, 0.1) is 24.6 Å². The number of hydrogen-bond donors (Lipinski definition) is 0. The highest BCUT2D eigenvalue weighted by Gasteiger charge is 2.38. The van der Waals surface area contributed by atoms with E-state index in [1.165, 1.54) is 16.7 Å². The molecule has 0 aliphatic carbocycles. The Labute approximate surface area is 98.7 Å². The van der Waals surface area contributed by atoms with E-state index in [1.54, 1.807) is 7.11 Å². The van der Waals surface area contributed by atoms with Crippen LogP contribution >= 0.6 is 15.9 Å². The molecule has 1 saturated heterocycles.